The van der Waals surface area contributed by atoms with E-state index in [1.807, 2.05) is 24.3 Å². The molecule has 1 atom stereocenters. The zero-order chi connectivity index (χ0) is 31.0. The number of amides is 1. The fraction of sp³-hybridized carbons (Fsp3) is 0.393. The Bertz CT molecular complexity index is 1560. The van der Waals surface area contributed by atoms with E-state index in [1.165, 1.54) is 4.90 Å². The van der Waals surface area contributed by atoms with Gasteiger partial charge < -0.3 is 14.9 Å². The highest BCUT2D eigenvalue weighted by molar-refractivity contribution is 7.89. The van der Waals surface area contributed by atoms with Crippen LogP contribution in [0.5, 0.6) is 0 Å². The van der Waals surface area contributed by atoms with Crippen molar-refractivity contribution in [2.75, 3.05) is 31.6 Å². The molecule has 0 bridgehead atoms. The van der Waals surface area contributed by atoms with Crippen molar-refractivity contribution in [3.8, 4) is 0 Å². The second kappa shape index (κ2) is 12.0. The normalized spacial score (nSPS) is 16.6. The minimum Gasteiger partial charge on any atom is -0.477 e. The number of hydrogen-bond acceptors (Lipinski definition) is 7. The van der Waals surface area contributed by atoms with E-state index in [1.54, 1.807) is 18.9 Å². The SMILES string of the molecule is Cc1nc(N2CCN(S(=O)(=O)c3ccc(C(F)(F)F)cc3)C(C(=O)N(C)Cc3ccc(C(C)C)cc3)C2)sc1C(=O)O. The molecule has 3 aromatic rings. The van der Waals surface area contributed by atoms with E-state index in [0.29, 0.717) is 28.9 Å². The van der Waals surface area contributed by atoms with Gasteiger partial charge in [-0.25, -0.2) is 18.2 Å². The number of sulfonamides is 1. The zero-order valence-electron chi connectivity index (χ0n) is 23.4. The summed E-state index contributed by atoms with van der Waals surface area (Å²) in [5.74, 6) is -1.34. The zero-order valence-corrected chi connectivity index (χ0v) is 25.1. The second-order valence-corrected chi connectivity index (χ2v) is 13.3. The Morgan fingerprint density at radius 1 is 1.10 bits per heavy atom. The lowest BCUT2D eigenvalue weighted by atomic mass is 10.0. The predicted octanol–water partition coefficient (Wildman–Crippen LogP) is 4.83. The average Bonchev–Trinajstić information content (AvgIpc) is 3.34. The van der Waals surface area contributed by atoms with Crippen LogP contribution in [0.2, 0.25) is 0 Å². The third-order valence-electron chi connectivity index (χ3n) is 7.10. The number of aromatic nitrogens is 1. The molecule has 1 aliphatic rings. The molecule has 1 saturated heterocycles. The molecule has 1 aliphatic heterocycles. The number of rotatable bonds is 8. The number of carbonyl (C=O) groups excluding carboxylic acids is 1. The Morgan fingerprint density at radius 2 is 1.71 bits per heavy atom. The number of piperazine rings is 1. The molecule has 1 amide bonds. The van der Waals surface area contributed by atoms with Gasteiger partial charge in [0.2, 0.25) is 15.9 Å². The van der Waals surface area contributed by atoms with Crippen LogP contribution in [0.3, 0.4) is 0 Å². The summed E-state index contributed by atoms with van der Waals surface area (Å²) in [7, 11) is -2.83. The van der Waals surface area contributed by atoms with E-state index in [2.05, 4.69) is 18.8 Å². The summed E-state index contributed by atoms with van der Waals surface area (Å²) in [5.41, 5.74) is 1.27. The van der Waals surface area contributed by atoms with Crippen molar-refractivity contribution in [3.05, 3.63) is 75.8 Å². The molecule has 2 aromatic carbocycles. The quantitative estimate of drug-likeness (QED) is 0.382. The second-order valence-electron chi connectivity index (χ2n) is 10.4. The molecule has 0 radical (unpaired) electrons. The van der Waals surface area contributed by atoms with Crippen molar-refractivity contribution in [2.24, 2.45) is 0 Å². The Labute approximate surface area is 246 Å². The van der Waals surface area contributed by atoms with Crippen LogP contribution in [0, 0.1) is 6.92 Å². The molecule has 9 nitrogen and oxygen atoms in total. The minimum absolute atomic E-state index is 0.0367. The lowest BCUT2D eigenvalue weighted by Crippen LogP contribution is -2.60. The first kappa shape index (κ1) is 31.4. The largest absolute Gasteiger partial charge is 0.477 e. The maximum Gasteiger partial charge on any atom is 0.416 e. The van der Waals surface area contributed by atoms with Gasteiger partial charge in [0, 0.05) is 33.2 Å². The lowest BCUT2D eigenvalue weighted by molar-refractivity contribution is -0.137. The van der Waals surface area contributed by atoms with E-state index >= 15 is 0 Å². The number of benzene rings is 2. The van der Waals surface area contributed by atoms with Crippen molar-refractivity contribution in [2.45, 2.75) is 50.3 Å². The van der Waals surface area contributed by atoms with Gasteiger partial charge in [0.1, 0.15) is 10.9 Å². The highest BCUT2D eigenvalue weighted by Gasteiger charge is 2.42. The fourth-order valence-corrected chi connectivity index (χ4v) is 7.22. The van der Waals surface area contributed by atoms with Crippen LogP contribution in [0.1, 0.15) is 51.8 Å². The number of carbonyl (C=O) groups is 2. The first-order chi connectivity index (χ1) is 19.6. The molecule has 42 heavy (non-hydrogen) atoms. The van der Waals surface area contributed by atoms with Gasteiger partial charge in [-0.15, -0.1) is 0 Å². The highest BCUT2D eigenvalue weighted by Crippen LogP contribution is 2.33. The Kier molecular flexibility index (Phi) is 9.00. The van der Waals surface area contributed by atoms with Crippen LogP contribution in [-0.2, 0) is 27.5 Å². The molecule has 4 rings (SSSR count). The first-order valence-corrected chi connectivity index (χ1v) is 15.3. The highest BCUT2D eigenvalue weighted by atomic mass is 32.2. The molecule has 1 unspecified atom stereocenters. The summed E-state index contributed by atoms with van der Waals surface area (Å²) in [6.07, 6.45) is -4.64. The first-order valence-electron chi connectivity index (χ1n) is 13.1. The minimum atomic E-state index is -4.64. The summed E-state index contributed by atoms with van der Waals surface area (Å²) < 4.78 is 67.7. The maximum absolute atomic E-state index is 13.8. The number of carboxylic acids is 1. The topological polar surface area (TPSA) is 111 Å². The van der Waals surface area contributed by atoms with Crippen molar-refractivity contribution < 1.29 is 36.3 Å². The van der Waals surface area contributed by atoms with Crippen molar-refractivity contribution >= 4 is 38.4 Å². The summed E-state index contributed by atoms with van der Waals surface area (Å²) in [5, 5.41) is 9.79. The number of carboxylic acid groups (broad SMARTS) is 1. The number of anilines is 1. The van der Waals surface area contributed by atoms with E-state index in [-0.39, 0.29) is 36.0 Å². The summed E-state index contributed by atoms with van der Waals surface area (Å²) in [4.78, 5) is 32.5. The number of thiazole rings is 1. The van der Waals surface area contributed by atoms with E-state index in [4.69, 9.17) is 0 Å². The number of aromatic carboxylic acids is 1. The van der Waals surface area contributed by atoms with E-state index in [9.17, 15) is 36.3 Å². The third kappa shape index (κ3) is 6.60. The smallest absolute Gasteiger partial charge is 0.416 e. The summed E-state index contributed by atoms with van der Waals surface area (Å²) in [6, 6.07) is 9.63. The van der Waals surface area contributed by atoms with Crippen LogP contribution < -0.4 is 4.90 Å². The van der Waals surface area contributed by atoms with Crippen molar-refractivity contribution in [1.29, 1.82) is 0 Å². The van der Waals surface area contributed by atoms with Gasteiger partial charge in [-0.3, -0.25) is 4.79 Å². The molecular weight excluding hydrogens is 593 g/mol. The van der Waals surface area contributed by atoms with Gasteiger partial charge in [0.15, 0.2) is 5.13 Å². The third-order valence-corrected chi connectivity index (χ3v) is 10.2. The van der Waals surface area contributed by atoms with Crippen LogP contribution in [0.15, 0.2) is 53.4 Å². The van der Waals surface area contributed by atoms with Gasteiger partial charge in [-0.1, -0.05) is 49.4 Å². The fourth-order valence-electron chi connectivity index (χ4n) is 4.71. The van der Waals surface area contributed by atoms with Crippen LogP contribution in [0.25, 0.3) is 0 Å². The number of hydrogen-bond donors (Lipinski definition) is 1. The van der Waals surface area contributed by atoms with Crippen molar-refractivity contribution in [1.82, 2.24) is 14.2 Å². The summed E-state index contributed by atoms with van der Waals surface area (Å²) >= 11 is 0.927. The van der Waals surface area contributed by atoms with Gasteiger partial charge in [-0.2, -0.15) is 17.5 Å². The van der Waals surface area contributed by atoms with Gasteiger partial charge in [-0.05, 0) is 48.2 Å². The molecule has 1 aromatic heterocycles. The Morgan fingerprint density at radius 3 is 2.24 bits per heavy atom. The van der Waals surface area contributed by atoms with Crippen LogP contribution in [0.4, 0.5) is 18.3 Å². The molecule has 14 heteroatoms. The number of aryl methyl sites for hydroxylation is 1. The monoisotopic (exact) mass is 624 g/mol. The van der Waals surface area contributed by atoms with Crippen molar-refractivity contribution in [3.63, 3.8) is 0 Å². The number of halogens is 3. The lowest BCUT2D eigenvalue weighted by Gasteiger charge is -2.40. The van der Waals surface area contributed by atoms with E-state index in [0.717, 1.165) is 38.9 Å². The molecule has 226 valence electrons. The van der Waals surface area contributed by atoms with Crippen LogP contribution in [-0.4, -0.2) is 72.3 Å². The van der Waals surface area contributed by atoms with Gasteiger partial charge >= 0.3 is 12.1 Å². The maximum atomic E-state index is 13.8. The number of likely N-dealkylation sites (N-methyl/N-ethyl adjacent to an activating group) is 1. The van der Waals surface area contributed by atoms with Gasteiger partial charge in [0.05, 0.1) is 16.2 Å². The molecule has 1 fully saturated rings. The van der Waals surface area contributed by atoms with Gasteiger partial charge in [0.25, 0.3) is 0 Å². The molecular formula is C28H31F3N4O5S2. The Hall–Kier alpha value is -3.49. The number of nitrogens with zero attached hydrogens (tertiary/aromatic N) is 4. The molecule has 0 aliphatic carbocycles. The summed E-state index contributed by atoms with van der Waals surface area (Å²) in [6.45, 7) is 5.68. The molecule has 1 N–H and O–H groups in total. The average molecular weight is 625 g/mol. The standard InChI is InChI=1S/C28H31F3N4O5S2/c1-17(2)20-7-5-19(6-8-20)15-33(4)25(36)23-16-34(27-32-18(3)24(41-27)26(37)38)13-14-35(23)42(39,40)22-11-9-21(10-12-22)28(29,30)31/h5-12,17,23H,13-16H2,1-4H3,(H,37,38). The predicted molar refractivity (Wildman–Crippen MR) is 152 cm³/mol. The molecule has 0 spiro atoms. The van der Waals surface area contributed by atoms with E-state index < -0.39 is 39.7 Å². The van der Waals surface area contributed by atoms with Crippen LogP contribution >= 0.6 is 11.3 Å². The Balaban J connectivity index is 1.65. The molecule has 2 heterocycles. The molecule has 0 saturated carbocycles. The number of alkyl halides is 3.